The number of fused-ring (bicyclic) bond motifs is 2. The fourth-order valence-electron chi connectivity index (χ4n) is 6.46. The molecule has 0 aliphatic carbocycles. The van der Waals surface area contributed by atoms with E-state index in [9.17, 15) is 0 Å². The molecule has 0 radical (unpaired) electrons. The molecule has 214 valence electrons. The van der Waals surface area contributed by atoms with Crippen molar-refractivity contribution < 1.29 is 0 Å². The molecule has 1 aliphatic rings. The summed E-state index contributed by atoms with van der Waals surface area (Å²) < 4.78 is 1.01. The summed E-state index contributed by atoms with van der Waals surface area (Å²) in [6, 6.07) is 56.7. The van der Waals surface area contributed by atoms with E-state index in [1.54, 1.807) is 0 Å². The quantitative estimate of drug-likeness (QED) is 0.187. The maximum absolute atomic E-state index is 5.37. The normalized spacial score (nSPS) is 13.1. The molecule has 0 saturated carbocycles. The second kappa shape index (κ2) is 11.3. The molecule has 0 saturated heterocycles. The van der Waals surface area contributed by atoms with Gasteiger partial charge in [-0.25, -0.2) is 15.0 Å². The van der Waals surface area contributed by atoms with Crippen molar-refractivity contribution in [1.29, 1.82) is 0 Å². The third-order valence-electron chi connectivity index (χ3n) is 8.42. The lowest BCUT2D eigenvalue weighted by atomic mass is 9.65. The Hall–Kier alpha value is -5.39. The molecule has 0 spiro atoms. The number of nitrogens with zero attached hydrogens (tertiary/aromatic N) is 4. The largest absolute Gasteiger partial charge is 0.310 e. The van der Waals surface area contributed by atoms with Crippen LogP contribution in [0.1, 0.15) is 22.5 Å². The van der Waals surface area contributed by atoms with Gasteiger partial charge in [-0.1, -0.05) is 143 Å². The van der Waals surface area contributed by atoms with E-state index < -0.39 is 5.41 Å². The first kappa shape index (κ1) is 27.2. The highest BCUT2D eigenvalue weighted by Crippen LogP contribution is 2.57. The van der Waals surface area contributed by atoms with Crippen LogP contribution in [0.25, 0.3) is 22.8 Å². The van der Waals surface area contributed by atoms with Crippen LogP contribution in [0, 0.1) is 0 Å². The van der Waals surface area contributed by atoms with Gasteiger partial charge in [-0.3, -0.25) is 0 Å². The van der Waals surface area contributed by atoms with Crippen LogP contribution in [-0.2, 0) is 5.41 Å². The van der Waals surface area contributed by atoms with Crippen LogP contribution in [0.5, 0.6) is 0 Å². The zero-order valence-electron chi connectivity index (χ0n) is 24.3. The van der Waals surface area contributed by atoms with Gasteiger partial charge in [0.25, 0.3) is 0 Å². The predicted molar refractivity (Wildman–Crippen MR) is 185 cm³/mol. The Morgan fingerprint density at radius 2 is 0.889 bits per heavy atom. The lowest BCUT2D eigenvalue weighted by molar-refractivity contribution is 0.666. The molecule has 5 heteroatoms. The van der Waals surface area contributed by atoms with Gasteiger partial charge in [0.15, 0.2) is 17.5 Å². The molecule has 7 aromatic rings. The molecule has 0 N–H and O–H groups in total. The minimum Gasteiger partial charge on any atom is -0.310 e. The van der Waals surface area contributed by atoms with Gasteiger partial charge in [0.05, 0.1) is 11.4 Å². The van der Waals surface area contributed by atoms with Gasteiger partial charge in [0.2, 0.25) is 0 Å². The number of para-hydroxylation sites is 3. The third-order valence-corrected chi connectivity index (χ3v) is 8.95. The minimum absolute atomic E-state index is 0.636. The predicted octanol–water partition coefficient (Wildman–Crippen LogP) is 10.1. The lowest BCUT2D eigenvalue weighted by Gasteiger charge is -2.45. The van der Waals surface area contributed by atoms with Gasteiger partial charge < -0.3 is 4.90 Å². The Kier molecular flexibility index (Phi) is 6.81. The lowest BCUT2D eigenvalue weighted by Crippen LogP contribution is -2.39. The van der Waals surface area contributed by atoms with Crippen molar-refractivity contribution in [3.63, 3.8) is 0 Å². The number of hydrogen-bond donors (Lipinski definition) is 0. The Balaban J connectivity index is 1.52. The average Bonchev–Trinajstić information content (AvgIpc) is 3.12. The Morgan fingerprint density at radius 3 is 1.40 bits per heavy atom. The smallest absolute Gasteiger partial charge is 0.163 e. The summed E-state index contributed by atoms with van der Waals surface area (Å²) in [4.78, 5) is 18.1. The van der Waals surface area contributed by atoms with Crippen molar-refractivity contribution in [3.05, 3.63) is 191 Å². The topological polar surface area (TPSA) is 41.9 Å². The molecular weight excluding hydrogens is 616 g/mol. The van der Waals surface area contributed by atoms with Crippen molar-refractivity contribution >= 4 is 33.0 Å². The summed E-state index contributed by atoms with van der Waals surface area (Å²) in [5, 5.41) is 0. The summed E-state index contributed by atoms with van der Waals surface area (Å²) in [5.41, 5.74) is 7.53. The van der Waals surface area contributed by atoms with Gasteiger partial charge in [-0.05, 0) is 53.1 Å². The summed E-state index contributed by atoms with van der Waals surface area (Å²) in [6.45, 7) is 0. The van der Waals surface area contributed by atoms with Gasteiger partial charge in [0, 0.05) is 21.3 Å². The van der Waals surface area contributed by atoms with Crippen LogP contribution in [0.3, 0.4) is 0 Å². The average molecular weight is 644 g/mol. The molecule has 45 heavy (non-hydrogen) atoms. The highest BCUT2D eigenvalue weighted by atomic mass is 79.9. The minimum atomic E-state index is -0.852. The molecule has 8 rings (SSSR count). The molecule has 0 bridgehead atoms. The summed E-state index contributed by atoms with van der Waals surface area (Å²) >= 11 is 3.68. The zero-order valence-corrected chi connectivity index (χ0v) is 25.8. The number of aromatic nitrogens is 3. The maximum Gasteiger partial charge on any atom is 0.163 e. The number of hydrogen-bond acceptors (Lipinski definition) is 4. The van der Waals surface area contributed by atoms with E-state index in [1.807, 2.05) is 36.4 Å². The van der Waals surface area contributed by atoms with E-state index >= 15 is 0 Å². The second-order valence-corrected chi connectivity index (χ2v) is 11.9. The van der Waals surface area contributed by atoms with Crippen molar-refractivity contribution in [2.45, 2.75) is 5.41 Å². The van der Waals surface area contributed by atoms with Crippen molar-refractivity contribution in [2.75, 3.05) is 4.90 Å². The first-order valence-electron chi connectivity index (χ1n) is 14.9. The zero-order chi connectivity index (χ0) is 30.2. The van der Waals surface area contributed by atoms with Crippen LogP contribution in [0.15, 0.2) is 168 Å². The first-order valence-corrected chi connectivity index (χ1v) is 15.7. The number of benzene rings is 6. The second-order valence-electron chi connectivity index (χ2n) is 11.0. The Morgan fingerprint density at radius 1 is 0.444 bits per heavy atom. The van der Waals surface area contributed by atoms with E-state index in [-0.39, 0.29) is 0 Å². The molecule has 6 aromatic carbocycles. The van der Waals surface area contributed by atoms with Gasteiger partial charge in [0.1, 0.15) is 5.41 Å². The van der Waals surface area contributed by atoms with Crippen molar-refractivity contribution in [1.82, 2.24) is 15.0 Å². The van der Waals surface area contributed by atoms with Crippen LogP contribution >= 0.6 is 15.9 Å². The molecule has 0 unspecified atom stereocenters. The summed E-state index contributed by atoms with van der Waals surface area (Å²) in [6.07, 6.45) is 0. The highest BCUT2D eigenvalue weighted by Gasteiger charge is 2.49. The molecular formula is C40H27BrN4. The van der Waals surface area contributed by atoms with E-state index in [2.05, 4.69) is 148 Å². The first-order chi connectivity index (χ1) is 22.2. The standard InChI is InChI=1S/C40H27BrN4/c41-31-26-24-30(25-27-31)40(39-43-37(28-14-4-1-5-15-28)42-38(44-39)29-16-6-2-7-17-29)33-20-10-12-22-35(33)45(32-18-8-3-9-19-32)36-23-13-11-21-34(36)40/h1-27H. The van der Waals surface area contributed by atoms with E-state index in [0.29, 0.717) is 17.5 Å². The maximum atomic E-state index is 5.37. The summed E-state index contributed by atoms with van der Waals surface area (Å²) in [5.74, 6) is 1.94. The van der Waals surface area contributed by atoms with Crippen LogP contribution in [-0.4, -0.2) is 15.0 Å². The van der Waals surface area contributed by atoms with Gasteiger partial charge in [-0.2, -0.15) is 0 Å². The number of halogens is 1. The Bertz CT molecular complexity index is 2010. The number of anilines is 3. The fourth-order valence-corrected chi connectivity index (χ4v) is 6.72. The Labute approximate surface area is 270 Å². The molecule has 0 fully saturated rings. The molecule has 1 aromatic heterocycles. The van der Waals surface area contributed by atoms with E-state index in [4.69, 9.17) is 15.0 Å². The molecule has 0 amide bonds. The third kappa shape index (κ3) is 4.55. The molecule has 0 atom stereocenters. The summed E-state index contributed by atoms with van der Waals surface area (Å²) in [7, 11) is 0. The van der Waals surface area contributed by atoms with Crippen LogP contribution in [0.2, 0.25) is 0 Å². The van der Waals surface area contributed by atoms with Crippen molar-refractivity contribution in [3.8, 4) is 22.8 Å². The van der Waals surface area contributed by atoms with Crippen LogP contribution in [0.4, 0.5) is 17.1 Å². The van der Waals surface area contributed by atoms with Gasteiger partial charge in [-0.15, -0.1) is 0 Å². The molecule has 1 aliphatic heterocycles. The number of rotatable bonds is 5. The van der Waals surface area contributed by atoms with E-state index in [1.165, 1.54) is 0 Å². The fraction of sp³-hybridized carbons (Fsp3) is 0.0250. The van der Waals surface area contributed by atoms with Crippen LogP contribution < -0.4 is 4.90 Å². The SMILES string of the molecule is Brc1ccc(C2(c3nc(-c4ccccc4)nc(-c4ccccc4)n3)c3ccccc3N(c3ccccc3)c3ccccc32)cc1. The van der Waals surface area contributed by atoms with E-state index in [0.717, 1.165) is 49.4 Å². The molecule has 2 heterocycles. The highest BCUT2D eigenvalue weighted by molar-refractivity contribution is 9.10. The van der Waals surface area contributed by atoms with Gasteiger partial charge >= 0.3 is 0 Å². The van der Waals surface area contributed by atoms with Crippen molar-refractivity contribution in [2.24, 2.45) is 0 Å². The monoisotopic (exact) mass is 642 g/mol. The molecule has 4 nitrogen and oxygen atoms in total.